The Bertz CT molecular complexity index is 878. The smallest absolute Gasteiger partial charge is 0.306 e. The molecule has 0 bridgehead atoms. The van der Waals surface area contributed by atoms with E-state index in [0.717, 1.165) is 23.1 Å². The second-order valence-electron chi connectivity index (χ2n) is 6.44. The average Bonchev–Trinajstić information content (AvgIpc) is 2.68. The van der Waals surface area contributed by atoms with Gasteiger partial charge in [0.05, 0.1) is 12.9 Å². The molecule has 1 amide bonds. The zero-order valence-electron chi connectivity index (χ0n) is 16.9. The van der Waals surface area contributed by atoms with E-state index in [2.05, 4.69) is 5.32 Å². The van der Waals surface area contributed by atoms with E-state index < -0.39 is 16.2 Å². The van der Waals surface area contributed by atoms with Gasteiger partial charge in [0.2, 0.25) is 5.91 Å². The normalized spacial score (nSPS) is 12.2. The summed E-state index contributed by atoms with van der Waals surface area (Å²) in [6, 6.07) is 14.4. The molecule has 0 aliphatic heterocycles. The number of benzene rings is 2. The maximum absolute atomic E-state index is 11.8. The van der Waals surface area contributed by atoms with Gasteiger partial charge in [0, 0.05) is 26.5 Å². The fourth-order valence-electron chi connectivity index (χ4n) is 2.70. The molecule has 0 heterocycles. The average molecular weight is 422 g/mol. The number of carbonyl (C=O) groups excluding carboxylic acids is 1. The number of nitrogens with one attached hydrogen (secondary N) is 1. The Labute approximate surface area is 172 Å². The van der Waals surface area contributed by atoms with Gasteiger partial charge in [-0.2, -0.15) is 8.42 Å². The molecule has 2 aromatic carbocycles. The molecule has 2 rings (SSSR count). The van der Waals surface area contributed by atoms with E-state index >= 15 is 0 Å². The summed E-state index contributed by atoms with van der Waals surface area (Å²) < 4.78 is 38.3. The van der Waals surface area contributed by atoms with Crippen LogP contribution in [0.15, 0.2) is 48.5 Å². The molecule has 1 atom stereocenters. The van der Waals surface area contributed by atoms with Gasteiger partial charge in [0.25, 0.3) is 0 Å². The third-order valence-corrected chi connectivity index (χ3v) is 4.58. The number of amides is 1. The van der Waals surface area contributed by atoms with Crippen LogP contribution in [0.5, 0.6) is 11.5 Å². The van der Waals surface area contributed by atoms with Crippen LogP contribution in [0.2, 0.25) is 0 Å². The van der Waals surface area contributed by atoms with Crippen molar-refractivity contribution in [3.63, 3.8) is 0 Å². The largest absolute Gasteiger partial charge is 0.493 e. The summed E-state index contributed by atoms with van der Waals surface area (Å²) in [6.07, 6.45) is 1.67. The molecule has 158 valence electrons. The molecule has 1 unspecified atom stereocenters. The zero-order chi connectivity index (χ0) is 21.3. The zero-order valence-corrected chi connectivity index (χ0v) is 17.7. The highest BCUT2D eigenvalue weighted by Crippen LogP contribution is 2.17. The summed E-state index contributed by atoms with van der Waals surface area (Å²) in [5.74, 6) is 0.883. The monoisotopic (exact) mass is 421 g/mol. The van der Waals surface area contributed by atoms with Crippen LogP contribution in [0.3, 0.4) is 0 Å². The fourth-order valence-corrected chi connectivity index (χ4v) is 3.16. The molecule has 7 nitrogen and oxygen atoms in total. The number of hydrogen-bond acceptors (Lipinski definition) is 6. The summed E-state index contributed by atoms with van der Waals surface area (Å²) in [5.41, 5.74) is 1.99. The lowest BCUT2D eigenvalue weighted by atomic mass is 10.1. The first-order chi connectivity index (χ1) is 13.8. The van der Waals surface area contributed by atoms with Crippen LogP contribution in [0.1, 0.15) is 18.1 Å². The number of carbonyl (C=O) groups is 1. The molecule has 0 saturated carbocycles. The van der Waals surface area contributed by atoms with Crippen molar-refractivity contribution in [2.75, 3.05) is 26.5 Å². The standard InChI is InChI=1S/C21H27NO6S/c1-4-26-20(21(23)22-2)15-17-7-9-18(10-8-17)27-14-13-16-5-11-19(12-6-16)28-29(3,24)25/h5-12,20H,4,13-15H2,1-3H3,(H,22,23). The second-order valence-corrected chi connectivity index (χ2v) is 8.01. The molecular formula is C21H27NO6S. The van der Waals surface area contributed by atoms with Crippen molar-refractivity contribution in [3.8, 4) is 11.5 Å². The highest BCUT2D eigenvalue weighted by molar-refractivity contribution is 7.86. The molecule has 29 heavy (non-hydrogen) atoms. The van der Waals surface area contributed by atoms with Gasteiger partial charge in [-0.25, -0.2) is 0 Å². The van der Waals surface area contributed by atoms with Crippen LogP contribution in [0.25, 0.3) is 0 Å². The van der Waals surface area contributed by atoms with E-state index in [1.807, 2.05) is 31.2 Å². The first-order valence-corrected chi connectivity index (χ1v) is 11.2. The molecule has 0 aromatic heterocycles. The fraction of sp³-hybridized carbons (Fsp3) is 0.381. The van der Waals surface area contributed by atoms with Gasteiger partial charge in [0.1, 0.15) is 17.6 Å². The Morgan fingerprint density at radius 3 is 2.14 bits per heavy atom. The summed E-state index contributed by atoms with van der Waals surface area (Å²) in [7, 11) is -1.92. The lowest BCUT2D eigenvalue weighted by Gasteiger charge is -2.15. The first kappa shape index (κ1) is 22.7. The molecule has 8 heteroatoms. The molecule has 0 spiro atoms. The van der Waals surface area contributed by atoms with E-state index in [1.165, 1.54) is 0 Å². The van der Waals surface area contributed by atoms with Crippen LogP contribution in [-0.4, -0.2) is 46.9 Å². The molecular weight excluding hydrogens is 394 g/mol. The van der Waals surface area contributed by atoms with Crippen molar-refractivity contribution in [1.82, 2.24) is 5.32 Å². The maximum Gasteiger partial charge on any atom is 0.306 e. The number of hydrogen-bond donors (Lipinski definition) is 1. The van der Waals surface area contributed by atoms with Crippen molar-refractivity contribution in [3.05, 3.63) is 59.7 Å². The Morgan fingerprint density at radius 1 is 1.00 bits per heavy atom. The Balaban J connectivity index is 1.83. The van der Waals surface area contributed by atoms with E-state index in [0.29, 0.717) is 26.1 Å². The topological polar surface area (TPSA) is 90.9 Å². The molecule has 0 radical (unpaired) electrons. The quantitative estimate of drug-likeness (QED) is 0.560. The van der Waals surface area contributed by atoms with Crippen LogP contribution < -0.4 is 14.2 Å². The van der Waals surface area contributed by atoms with Crippen molar-refractivity contribution >= 4 is 16.0 Å². The van der Waals surface area contributed by atoms with Crippen LogP contribution >= 0.6 is 0 Å². The summed E-state index contributed by atoms with van der Waals surface area (Å²) in [4.78, 5) is 11.8. The Hall–Kier alpha value is -2.58. The molecule has 0 fully saturated rings. The summed E-state index contributed by atoms with van der Waals surface area (Å²) >= 11 is 0. The van der Waals surface area contributed by atoms with E-state index in [-0.39, 0.29) is 11.7 Å². The van der Waals surface area contributed by atoms with E-state index in [1.54, 1.807) is 31.3 Å². The van der Waals surface area contributed by atoms with Gasteiger partial charge in [-0.3, -0.25) is 4.79 Å². The van der Waals surface area contributed by atoms with Gasteiger partial charge in [-0.05, 0) is 42.3 Å². The molecule has 0 saturated heterocycles. The molecule has 0 aliphatic carbocycles. The van der Waals surface area contributed by atoms with Crippen LogP contribution in [0.4, 0.5) is 0 Å². The Kier molecular flexibility index (Phi) is 8.48. The van der Waals surface area contributed by atoms with Gasteiger partial charge < -0.3 is 19.0 Å². The lowest BCUT2D eigenvalue weighted by molar-refractivity contribution is -0.131. The highest BCUT2D eigenvalue weighted by atomic mass is 32.2. The Morgan fingerprint density at radius 2 is 1.59 bits per heavy atom. The second kappa shape index (κ2) is 10.8. The van der Waals surface area contributed by atoms with Crippen LogP contribution in [-0.2, 0) is 32.5 Å². The van der Waals surface area contributed by atoms with Gasteiger partial charge in [-0.1, -0.05) is 24.3 Å². The van der Waals surface area contributed by atoms with Crippen molar-refractivity contribution in [2.45, 2.75) is 25.9 Å². The number of likely N-dealkylation sites (N-methyl/N-ethyl adjacent to an activating group) is 1. The van der Waals surface area contributed by atoms with Gasteiger partial charge in [0.15, 0.2) is 0 Å². The first-order valence-electron chi connectivity index (χ1n) is 9.34. The summed E-state index contributed by atoms with van der Waals surface area (Å²) in [5, 5.41) is 2.61. The van der Waals surface area contributed by atoms with Crippen molar-refractivity contribution < 1.29 is 26.9 Å². The van der Waals surface area contributed by atoms with Gasteiger partial charge >= 0.3 is 10.1 Å². The van der Waals surface area contributed by atoms with Crippen LogP contribution in [0, 0.1) is 0 Å². The minimum Gasteiger partial charge on any atom is -0.493 e. The lowest BCUT2D eigenvalue weighted by Crippen LogP contribution is -2.35. The number of rotatable bonds is 11. The van der Waals surface area contributed by atoms with Crippen molar-refractivity contribution in [2.24, 2.45) is 0 Å². The maximum atomic E-state index is 11.8. The predicted molar refractivity (Wildman–Crippen MR) is 111 cm³/mol. The number of ether oxygens (including phenoxy) is 2. The molecule has 1 N–H and O–H groups in total. The highest BCUT2D eigenvalue weighted by Gasteiger charge is 2.17. The SMILES string of the molecule is CCOC(Cc1ccc(OCCc2ccc(OS(C)(=O)=O)cc2)cc1)C(=O)NC. The third kappa shape index (κ3) is 8.13. The third-order valence-electron chi connectivity index (χ3n) is 4.08. The molecule has 0 aliphatic rings. The predicted octanol–water partition coefficient (Wildman–Crippen LogP) is 2.34. The van der Waals surface area contributed by atoms with E-state index in [4.69, 9.17) is 13.7 Å². The summed E-state index contributed by atoms with van der Waals surface area (Å²) in [6.45, 7) is 2.81. The minimum absolute atomic E-state index is 0.139. The minimum atomic E-state index is -3.52. The van der Waals surface area contributed by atoms with E-state index in [9.17, 15) is 13.2 Å². The molecule has 2 aromatic rings. The van der Waals surface area contributed by atoms with Gasteiger partial charge in [-0.15, -0.1) is 0 Å². The van der Waals surface area contributed by atoms with Crippen molar-refractivity contribution in [1.29, 1.82) is 0 Å².